The van der Waals surface area contributed by atoms with Gasteiger partial charge >= 0.3 is 12.0 Å². The maximum Gasteiger partial charge on any atom is 0.325 e. The molecule has 6 heteroatoms. The van der Waals surface area contributed by atoms with Crippen LogP contribution in [-0.4, -0.2) is 25.7 Å². The number of halogens is 1. The zero-order valence-electron chi connectivity index (χ0n) is 9.33. The fourth-order valence-corrected chi connectivity index (χ4v) is 1.31. The maximum absolute atomic E-state index is 11.3. The summed E-state index contributed by atoms with van der Waals surface area (Å²) in [5, 5.41) is 5.52. The number of hydrogen-bond donors (Lipinski definition) is 2. The second kappa shape index (κ2) is 6.75. The van der Waals surface area contributed by atoms with Gasteiger partial charge in [-0.1, -0.05) is 29.8 Å². The zero-order valence-corrected chi connectivity index (χ0v) is 10.1. The van der Waals surface area contributed by atoms with E-state index in [1.54, 1.807) is 6.07 Å². The van der Waals surface area contributed by atoms with Crippen LogP contribution < -0.4 is 10.6 Å². The zero-order chi connectivity index (χ0) is 12.7. The van der Waals surface area contributed by atoms with Crippen molar-refractivity contribution in [2.75, 3.05) is 13.7 Å². The van der Waals surface area contributed by atoms with Crippen LogP contribution in [-0.2, 0) is 16.1 Å². The lowest BCUT2D eigenvalue weighted by molar-refractivity contribution is -0.139. The second-order valence-electron chi connectivity index (χ2n) is 3.20. The van der Waals surface area contributed by atoms with E-state index >= 15 is 0 Å². The first-order chi connectivity index (χ1) is 8.13. The van der Waals surface area contributed by atoms with Gasteiger partial charge in [0.2, 0.25) is 0 Å². The van der Waals surface area contributed by atoms with Crippen LogP contribution in [0.15, 0.2) is 24.3 Å². The Bertz CT molecular complexity index is 409. The van der Waals surface area contributed by atoms with Gasteiger partial charge in [0.15, 0.2) is 0 Å². The molecule has 2 amide bonds. The number of carbonyl (C=O) groups is 2. The molecule has 0 bridgehead atoms. The van der Waals surface area contributed by atoms with Crippen molar-refractivity contribution in [2.24, 2.45) is 0 Å². The van der Waals surface area contributed by atoms with Gasteiger partial charge in [-0.05, 0) is 11.6 Å². The molecule has 2 N–H and O–H groups in total. The number of urea groups is 1. The highest BCUT2D eigenvalue weighted by Gasteiger charge is 2.05. The number of hydrogen-bond acceptors (Lipinski definition) is 3. The highest BCUT2D eigenvalue weighted by molar-refractivity contribution is 6.31. The molecule has 1 aromatic rings. The fourth-order valence-electron chi connectivity index (χ4n) is 1.10. The van der Waals surface area contributed by atoms with E-state index < -0.39 is 12.0 Å². The molecular weight excluding hydrogens is 244 g/mol. The van der Waals surface area contributed by atoms with E-state index in [0.29, 0.717) is 11.6 Å². The minimum Gasteiger partial charge on any atom is -0.468 e. The summed E-state index contributed by atoms with van der Waals surface area (Å²) in [4.78, 5) is 22.0. The van der Waals surface area contributed by atoms with Gasteiger partial charge in [0.25, 0.3) is 0 Å². The van der Waals surface area contributed by atoms with Gasteiger partial charge in [-0.15, -0.1) is 0 Å². The van der Waals surface area contributed by atoms with Crippen molar-refractivity contribution in [2.45, 2.75) is 6.54 Å². The summed E-state index contributed by atoms with van der Waals surface area (Å²) in [6.45, 7) is 0.136. The number of esters is 1. The maximum atomic E-state index is 11.3. The number of methoxy groups -OCH3 is 1. The number of carbonyl (C=O) groups excluding carboxylic acids is 2. The molecule has 0 fully saturated rings. The van der Waals surface area contributed by atoms with Crippen LogP contribution in [0.3, 0.4) is 0 Å². The third kappa shape index (κ3) is 4.74. The quantitative estimate of drug-likeness (QED) is 0.799. The Balaban J connectivity index is 2.34. The molecular formula is C11H13ClN2O3. The average molecular weight is 257 g/mol. The van der Waals surface area contributed by atoms with Gasteiger partial charge in [-0.3, -0.25) is 4.79 Å². The molecule has 0 aliphatic heterocycles. The molecule has 0 unspecified atom stereocenters. The molecule has 0 aromatic heterocycles. The Kier molecular flexibility index (Phi) is 5.29. The van der Waals surface area contributed by atoms with Crippen LogP contribution in [0, 0.1) is 0 Å². The molecule has 0 heterocycles. The summed E-state index contributed by atoms with van der Waals surface area (Å²) in [5.41, 5.74) is 0.808. The SMILES string of the molecule is COC(=O)CNC(=O)NCc1ccccc1Cl. The Morgan fingerprint density at radius 2 is 2.00 bits per heavy atom. The molecule has 0 aliphatic carbocycles. The minimum atomic E-state index is -0.502. The first-order valence-corrected chi connectivity index (χ1v) is 5.33. The van der Waals surface area contributed by atoms with Gasteiger partial charge in [0.1, 0.15) is 6.54 Å². The second-order valence-corrected chi connectivity index (χ2v) is 3.61. The highest BCUT2D eigenvalue weighted by atomic mass is 35.5. The standard InChI is InChI=1S/C11H13ClN2O3/c1-17-10(15)7-14-11(16)13-6-8-4-2-3-5-9(8)12/h2-5H,6-7H2,1H3,(H2,13,14,16). The first kappa shape index (κ1) is 13.3. The lowest BCUT2D eigenvalue weighted by atomic mass is 10.2. The van der Waals surface area contributed by atoms with Gasteiger partial charge in [0.05, 0.1) is 7.11 Å². The Hall–Kier alpha value is -1.75. The summed E-state index contributed by atoms with van der Waals surface area (Å²) in [6.07, 6.45) is 0. The Morgan fingerprint density at radius 1 is 1.29 bits per heavy atom. The summed E-state index contributed by atoms with van der Waals surface area (Å²) in [7, 11) is 1.26. The largest absolute Gasteiger partial charge is 0.468 e. The van der Waals surface area contributed by atoms with E-state index in [1.165, 1.54) is 7.11 Å². The molecule has 1 aromatic carbocycles. The van der Waals surface area contributed by atoms with E-state index in [1.807, 2.05) is 18.2 Å². The molecule has 0 spiro atoms. The van der Waals surface area contributed by atoms with Crippen molar-refractivity contribution in [3.8, 4) is 0 Å². The number of amides is 2. The van der Waals surface area contributed by atoms with Crippen LogP contribution in [0.1, 0.15) is 5.56 Å². The van der Waals surface area contributed by atoms with Crippen molar-refractivity contribution < 1.29 is 14.3 Å². The summed E-state index contributed by atoms with van der Waals surface area (Å²) >= 11 is 5.91. The molecule has 5 nitrogen and oxygen atoms in total. The van der Waals surface area contributed by atoms with E-state index in [2.05, 4.69) is 15.4 Å². The van der Waals surface area contributed by atoms with Crippen molar-refractivity contribution >= 4 is 23.6 Å². The molecule has 0 radical (unpaired) electrons. The lowest BCUT2D eigenvalue weighted by Crippen LogP contribution is -2.38. The summed E-state index contributed by atoms with van der Waals surface area (Å²) in [5.74, 6) is -0.502. The van der Waals surface area contributed by atoms with Crippen LogP contribution in [0.5, 0.6) is 0 Å². The van der Waals surface area contributed by atoms with Crippen molar-refractivity contribution in [3.63, 3.8) is 0 Å². The topological polar surface area (TPSA) is 67.4 Å². The van der Waals surface area contributed by atoms with Crippen LogP contribution in [0.2, 0.25) is 5.02 Å². The van der Waals surface area contributed by atoms with Gasteiger partial charge in [-0.2, -0.15) is 0 Å². The van der Waals surface area contributed by atoms with E-state index in [-0.39, 0.29) is 6.54 Å². The van der Waals surface area contributed by atoms with Gasteiger partial charge < -0.3 is 15.4 Å². The van der Waals surface area contributed by atoms with Crippen LogP contribution in [0.4, 0.5) is 4.79 Å². The summed E-state index contributed by atoms with van der Waals surface area (Å²) in [6, 6.07) is 6.74. The van der Waals surface area contributed by atoms with Crippen molar-refractivity contribution in [1.29, 1.82) is 0 Å². The number of ether oxygens (including phenoxy) is 1. The van der Waals surface area contributed by atoms with Gasteiger partial charge in [0, 0.05) is 11.6 Å². The summed E-state index contributed by atoms with van der Waals surface area (Å²) < 4.78 is 4.38. The molecule has 0 aliphatic rings. The minimum absolute atomic E-state index is 0.162. The monoisotopic (exact) mass is 256 g/mol. The predicted molar refractivity (Wildman–Crippen MR) is 63.7 cm³/mol. The molecule has 0 atom stereocenters. The van der Waals surface area contributed by atoms with Gasteiger partial charge in [-0.25, -0.2) is 4.79 Å². The van der Waals surface area contributed by atoms with Crippen molar-refractivity contribution in [3.05, 3.63) is 34.9 Å². The molecule has 1 rings (SSSR count). The van der Waals surface area contributed by atoms with E-state index in [0.717, 1.165) is 5.56 Å². The normalized spacial score (nSPS) is 9.53. The Morgan fingerprint density at radius 3 is 2.65 bits per heavy atom. The van der Waals surface area contributed by atoms with E-state index in [4.69, 9.17) is 11.6 Å². The highest BCUT2D eigenvalue weighted by Crippen LogP contribution is 2.13. The smallest absolute Gasteiger partial charge is 0.325 e. The number of benzene rings is 1. The van der Waals surface area contributed by atoms with E-state index in [9.17, 15) is 9.59 Å². The predicted octanol–water partition coefficient (Wildman–Crippen LogP) is 1.31. The molecule has 17 heavy (non-hydrogen) atoms. The van der Waals surface area contributed by atoms with Crippen molar-refractivity contribution in [1.82, 2.24) is 10.6 Å². The Labute approximate surface area is 104 Å². The molecule has 0 saturated heterocycles. The molecule has 0 saturated carbocycles. The number of rotatable bonds is 4. The number of nitrogens with one attached hydrogen (secondary N) is 2. The third-order valence-corrected chi connectivity index (χ3v) is 2.39. The van der Waals surface area contributed by atoms with Crippen LogP contribution in [0.25, 0.3) is 0 Å². The first-order valence-electron chi connectivity index (χ1n) is 4.95. The molecule has 92 valence electrons. The average Bonchev–Trinajstić information content (AvgIpc) is 2.35. The third-order valence-electron chi connectivity index (χ3n) is 2.02. The fraction of sp³-hybridized carbons (Fsp3) is 0.273. The lowest BCUT2D eigenvalue weighted by Gasteiger charge is -2.07. The van der Waals surface area contributed by atoms with Crippen LogP contribution >= 0.6 is 11.6 Å².